The van der Waals surface area contributed by atoms with Gasteiger partial charge in [-0.1, -0.05) is 0 Å². The first-order valence-corrected chi connectivity index (χ1v) is 11.8. The summed E-state index contributed by atoms with van der Waals surface area (Å²) in [7, 11) is -1.37. The Hall–Kier alpha value is -2.30. The van der Waals surface area contributed by atoms with Crippen LogP contribution in [0.3, 0.4) is 0 Å². The first-order valence-electron chi connectivity index (χ1n) is 10.6. The molecule has 1 saturated carbocycles. The summed E-state index contributed by atoms with van der Waals surface area (Å²) in [6, 6.07) is 3.75. The van der Waals surface area contributed by atoms with Gasteiger partial charge in [0.25, 0.3) is 0 Å². The monoisotopic (exact) mass is 444 g/mol. The van der Waals surface area contributed by atoms with Crippen molar-refractivity contribution in [2.24, 2.45) is 5.41 Å². The average molecular weight is 445 g/mol. The molecule has 2 aromatic rings. The van der Waals surface area contributed by atoms with E-state index in [4.69, 9.17) is 20.3 Å². The molecule has 3 fully saturated rings. The number of nitrogens with zero attached hydrogens (tertiary/aromatic N) is 3. The summed E-state index contributed by atoms with van der Waals surface area (Å²) in [5.74, 6) is 0.670. The van der Waals surface area contributed by atoms with E-state index in [2.05, 4.69) is 21.6 Å². The molecule has 0 amide bonds. The fourth-order valence-corrected chi connectivity index (χ4v) is 5.42. The van der Waals surface area contributed by atoms with Gasteiger partial charge in [-0.3, -0.25) is 10.8 Å². The number of hydrogen-bond acceptors (Lipinski definition) is 7. The summed E-state index contributed by atoms with van der Waals surface area (Å²) in [4.78, 5) is 2.93. The second-order valence-corrected chi connectivity index (χ2v) is 10.5. The number of aromatic nitrogens is 2. The second-order valence-electron chi connectivity index (χ2n) is 9.30. The maximum atomic E-state index is 13.1. The molecule has 3 aliphatic rings. The maximum absolute atomic E-state index is 13.1. The molecule has 2 aliphatic heterocycles. The minimum absolute atomic E-state index is 0.0586. The highest BCUT2D eigenvalue weighted by Gasteiger charge is 2.42. The van der Waals surface area contributed by atoms with E-state index >= 15 is 0 Å². The molecule has 3 N–H and O–H groups in total. The lowest BCUT2D eigenvalue weighted by atomic mass is 9.77. The van der Waals surface area contributed by atoms with Crippen LogP contribution in [0.15, 0.2) is 23.2 Å². The highest BCUT2D eigenvalue weighted by molar-refractivity contribution is 7.83. The third kappa shape index (κ3) is 3.88. The normalized spacial score (nSPS) is 22.2. The van der Waals surface area contributed by atoms with Gasteiger partial charge in [0.05, 0.1) is 35.4 Å². The van der Waals surface area contributed by atoms with Crippen molar-refractivity contribution >= 4 is 34.1 Å². The molecule has 4 heterocycles. The lowest BCUT2D eigenvalue weighted by Crippen LogP contribution is -2.51. The van der Waals surface area contributed by atoms with Gasteiger partial charge in [-0.2, -0.15) is 5.10 Å². The SMILES string of the molecule is CC(=N)OC(=N)c1cnn2c(N3CCC4(CC3)COC4)cc(S(=O)NC3(C)CC3)cc12. The van der Waals surface area contributed by atoms with Gasteiger partial charge in [-0.15, -0.1) is 0 Å². The lowest BCUT2D eigenvalue weighted by Gasteiger charge is -2.47. The van der Waals surface area contributed by atoms with Crippen molar-refractivity contribution in [2.45, 2.75) is 50.0 Å². The average Bonchev–Trinajstić information content (AvgIpc) is 3.26. The zero-order valence-electron chi connectivity index (χ0n) is 17.9. The van der Waals surface area contributed by atoms with Crippen molar-refractivity contribution in [1.29, 1.82) is 10.8 Å². The molecule has 0 bridgehead atoms. The number of piperidine rings is 1. The third-order valence-corrected chi connectivity index (χ3v) is 7.93. The summed E-state index contributed by atoms with van der Waals surface area (Å²) < 4.78 is 28.8. The predicted octanol–water partition coefficient (Wildman–Crippen LogP) is 2.45. The number of pyridine rings is 1. The van der Waals surface area contributed by atoms with Crippen LogP contribution in [0, 0.1) is 16.2 Å². The van der Waals surface area contributed by atoms with E-state index in [1.807, 2.05) is 12.1 Å². The molecule has 1 aliphatic carbocycles. The number of anilines is 1. The van der Waals surface area contributed by atoms with E-state index < -0.39 is 11.0 Å². The van der Waals surface area contributed by atoms with Gasteiger partial charge < -0.3 is 14.4 Å². The van der Waals surface area contributed by atoms with E-state index in [9.17, 15) is 4.21 Å². The molecule has 0 radical (unpaired) electrons. The molecule has 2 aromatic heterocycles. The van der Waals surface area contributed by atoms with Gasteiger partial charge in [0, 0.05) is 31.0 Å². The zero-order chi connectivity index (χ0) is 21.8. The number of ether oxygens (including phenoxy) is 2. The van der Waals surface area contributed by atoms with Crippen LogP contribution in [0.5, 0.6) is 0 Å². The molecular weight excluding hydrogens is 416 g/mol. The Balaban J connectivity index is 1.52. The van der Waals surface area contributed by atoms with Crippen LogP contribution >= 0.6 is 0 Å². The fourth-order valence-electron chi connectivity index (χ4n) is 4.22. The van der Waals surface area contributed by atoms with Gasteiger partial charge in [0.1, 0.15) is 16.8 Å². The minimum Gasteiger partial charge on any atom is -0.425 e. The molecule has 10 heteroatoms. The standard InChI is InChI=1S/C21H28N6O3S/c1-14(22)30-19(23)16-11-24-27-17(16)9-15(31(28)25-20(2)3-4-20)10-18(27)26-7-5-21(6-8-26)12-29-13-21/h9-11,22-23,25H,3-8,12-13H2,1-2H3. The molecule has 0 aromatic carbocycles. The maximum Gasteiger partial charge on any atom is 0.224 e. The molecule has 31 heavy (non-hydrogen) atoms. The highest BCUT2D eigenvalue weighted by Crippen LogP contribution is 2.40. The van der Waals surface area contributed by atoms with Crippen LogP contribution in [0.2, 0.25) is 0 Å². The Morgan fingerprint density at radius 3 is 2.52 bits per heavy atom. The van der Waals surface area contributed by atoms with E-state index in [1.54, 1.807) is 10.7 Å². The number of rotatable bonds is 5. The quantitative estimate of drug-likeness (QED) is 0.484. The lowest BCUT2D eigenvalue weighted by molar-refractivity contribution is -0.124. The van der Waals surface area contributed by atoms with Crippen LogP contribution in [0.4, 0.5) is 5.82 Å². The Morgan fingerprint density at radius 2 is 1.94 bits per heavy atom. The molecule has 2 saturated heterocycles. The highest BCUT2D eigenvalue weighted by atomic mass is 32.2. The van der Waals surface area contributed by atoms with Gasteiger partial charge in [-0.25, -0.2) is 13.4 Å². The Bertz CT molecular complexity index is 1080. The van der Waals surface area contributed by atoms with Crippen molar-refractivity contribution < 1.29 is 13.7 Å². The van der Waals surface area contributed by atoms with E-state index in [0.29, 0.717) is 21.4 Å². The Morgan fingerprint density at radius 1 is 1.23 bits per heavy atom. The topological polar surface area (TPSA) is 116 Å². The van der Waals surface area contributed by atoms with Crippen LogP contribution in [-0.4, -0.2) is 57.5 Å². The Labute approximate surface area is 183 Å². The fraction of sp³-hybridized carbons (Fsp3) is 0.571. The molecule has 1 spiro atoms. The van der Waals surface area contributed by atoms with E-state index in [-0.39, 0.29) is 17.3 Å². The van der Waals surface area contributed by atoms with Gasteiger partial charge in [0.2, 0.25) is 5.90 Å². The van der Waals surface area contributed by atoms with Crippen molar-refractivity contribution in [3.63, 3.8) is 0 Å². The van der Waals surface area contributed by atoms with Gasteiger partial charge >= 0.3 is 0 Å². The van der Waals surface area contributed by atoms with Crippen LogP contribution < -0.4 is 9.62 Å². The third-order valence-electron chi connectivity index (χ3n) is 6.59. The molecule has 166 valence electrons. The van der Waals surface area contributed by atoms with Crippen LogP contribution in [0.1, 0.15) is 45.1 Å². The molecule has 9 nitrogen and oxygen atoms in total. The number of nitrogens with one attached hydrogen (secondary N) is 3. The van der Waals surface area contributed by atoms with Crippen molar-refractivity contribution in [1.82, 2.24) is 14.3 Å². The molecule has 1 atom stereocenters. The first kappa shape index (κ1) is 20.6. The molecule has 5 rings (SSSR count). The van der Waals surface area contributed by atoms with Crippen molar-refractivity contribution in [2.75, 3.05) is 31.2 Å². The second kappa shape index (κ2) is 7.39. The number of fused-ring (bicyclic) bond motifs is 1. The van der Waals surface area contributed by atoms with Gasteiger partial charge in [-0.05, 0) is 44.7 Å². The predicted molar refractivity (Wildman–Crippen MR) is 118 cm³/mol. The molecular formula is C21H28N6O3S. The van der Waals surface area contributed by atoms with Crippen molar-refractivity contribution in [3.05, 3.63) is 23.9 Å². The summed E-state index contributed by atoms with van der Waals surface area (Å²) >= 11 is 0. The summed E-state index contributed by atoms with van der Waals surface area (Å²) in [6.07, 6.45) is 5.71. The van der Waals surface area contributed by atoms with Crippen LogP contribution in [0.25, 0.3) is 5.52 Å². The molecule has 1 unspecified atom stereocenters. The zero-order valence-corrected chi connectivity index (χ0v) is 18.7. The first-order chi connectivity index (χ1) is 14.8. The minimum atomic E-state index is -1.37. The summed E-state index contributed by atoms with van der Waals surface area (Å²) in [5.41, 5.74) is 1.37. The van der Waals surface area contributed by atoms with Crippen LogP contribution in [-0.2, 0) is 20.5 Å². The Kier molecular flexibility index (Phi) is 4.91. The van der Waals surface area contributed by atoms with Gasteiger partial charge in [0.15, 0.2) is 5.90 Å². The van der Waals surface area contributed by atoms with E-state index in [1.165, 1.54) is 6.92 Å². The summed E-state index contributed by atoms with van der Waals surface area (Å²) in [6.45, 7) is 7.00. The number of hydrogen-bond donors (Lipinski definition) is 3. The van der Waals surface area contributed by atoms with Crippen molar-refractivity contribution in [3.8, 4) is 0 Å². The van der Waals surface area contributed by atoms with E-state index in [0.717, 1.165) is 57.8 Å². The smallest absolute Gasteiger partial charge is 0.224 e. The summed E-state index contributed by atoms with van der Waals surface area (Å²) in [5, 5.41) is 20.3. The largest absolute Gasteiger partial charge is 0.425 e.